The van der Waals surface area contributed by atoms with Crippen LogP contribution in [0.1, 0.15) is 47.0 Å². The van der Waals surface area contributed by atoms with Crippen LogP contribution in [0.3, 0.4) is 0 Å². The second-order valence-corrected chi connectivity index (χ2v) is 6.78. The molecule has 4 nitrogen and oxygen atoms in total. The minimum atomic E-state index is -0.804. The second-order valence-electron chi connectivity index (χ2n) is 6.78. The van der Waals surface area contributed by atoms with Crippen LogP contribution < -0.4 is 5.32 Å². The lowest BCUT2D eigenvalue weighted by molar-refractivity contribution is -0.144. The first-order valence-corrected chi connectivity index (χ1v) is 7.44. The zero-order valence-corrected chi connectivity index (χ0v) is 13.1. The fourth-order valence-electron chi connectivity index (χ4n) is 2.73. The molecular formula is C15H30N2O2. The smallest absolute Gasteiger partial charge is 0.323 e. The van der Waals surface area contributed by atoms with Crippen molar-refractivity contribution in [2.24, 2.45) is 11.8 Å². The Hall–Kier alpha value is -0.610. The summed E-state index contributed by atoms with van der Waals surface area (Å²) in [6, 6.07) is 0.186. The van der Waals surface area contributed by atoms with Gasteiger partial charge >= 0.3 is 5.97 Å². The highest BCUT2D eigenvalue weighted by Gasteiger charge is 2.34. The normalized spacial score (nSPS) is 25.6. The molecule has 19 heavy (non-hydrogen) atoms. The Kier molecular flexibility index (Phi) is 5.81. The maximum absolute atomic E-state index is 11.4. The molecule has 1 fully saturated rings. The first-order valence-electron chi connectivity index (χ1n) is 7.44. The molecule has 0 aromatic carbocycles. The van der Waals surface area contributed by atoms with E-state index in [0.29, 0.717) is 6.42 Å². The summed E-state index contributed by atoms with van der Waals surface area (Å²) in [6.45, 7) is 10.2. The summed E-state index contributed by atoms with van der Waals surface area (Å²) in [4.78, 5) is 13.7. The van der Waals surface area contributed by atoms with Crippen LogP contribution in [0, 0.1) is 11.8 Å². The van der Waals surface area contributed by atoms with Gasteiger partial charge < -0.3 is 10.0 Å². The number of hydrogen-bond acceptors (Lipinski definition) is 3. The van der Waals surface area contributed by atoms with Crippen molar-refractivity contribution in [1.82, 2.24) is 10.2 Å². The Morgan fingerprint density at radius 3 is 2.53 bits per heavy atom. The first kappa shape index (κ1) is 16.4. The third kappa shape index (κ3) is 5.49. The number of hydrogen-bond donors (Lipinski definition) is 2. The molecule has 0 bridgehead atoms. The van der Waals surface area contributed by atoms with Crippen LogP contribution in [0.2, 0.25) is 0 Å². The average Bonchev–Trinajstić information content (AvgIpc) is 2.92. The molecule has 0 spiro atoms. The summed E-state index contributed by atoms with van der Waals surface area (Å²) >= 11 is 0. The van der Waals surface area contributed by atoms with Crippen molar-refractivity contribution in [3.8, 4) is 0 Å². The van der Waals surface area contributed by atoms with E-state index in [1.54, 1.807) is 6.92 Å². The third-order valence-corrected chi connectivity index (χ3v) is 4.12. The van der Waals surface area contributed by atoms with E-state index in [1.807, 2.05) is 13.8 Å². The molecule has 2 N–H and O–H groups in total. The maximum atomic E-state index is 11.4. The quantitative estimate of drug-likeness (QED) is 0.674. The molecule has 0 radical (unpaired) electrons. The van der Waals surface area contributed by atoms with Crippen LogP contribution >= 0.6 is 0 Å². The van der Waals surface area contributed by atoms with E-state index in [0.717, 1.165) is 31.3 Å². The van der Waals surface area contributed by atoms with Gasteiger partial charge in [-0.05, 0) is 65.5 Å². The number of carboxylic acid groups (broad SMARTS) is 1. The Labute approximate surface area is 117 Å². The van der Waals surface area contributed by atoms with Crippen molar-refractivity contribution in [2.45, 2.75) is 58.5 Å². The predicted octanol–water partition coefficient (Wildman–Crippen LogP) is 2.20. The number of nitrogens with zero attached hydrogens (tertiary/aromatic N) is 1. The second kappa shape index (κ2) is 6.71. The fraction of sp³-hybridized carbons (Fsp3) is 0.933. The molecule has 1 aliphatic carbocycles. The molecule has 1 aliphatic rings. The Morgan fingerprint density at radius 2 is 2.11 bits per heavy atom. The van der Waals surface area contributed by atoms with Crippen molar-refractivity contribution < 1.29 is 9.90 Å². The van der Waals surface area contributed by atoms with E-state index in [2.05, 4.69) is 24.2 Å². The van der Waals surface area contributed by atoms with Crippen LogP contribution in [0.25, 0.3) is 0 Å². The minimum absolute atomic E-state index is 0.186. The monoisotopic (exact) mass is 270 g/mol. The van der Waals surface area contributed by atoms with Crippen molar-refractivity contribution in [1.29, 1.82) is 0 Å². The standard InChI is InChI=1S/C15H30N2O2/c1-11(2)16-15(4,14(18)19)7-6-8-17(5)10-13-9-12(13)3/h11-13,16H,6-10H2,1-5H3,(H,18,19). The molecule has 0 heterocycles. The zero-order valence-electron chi connectivity index (χ0n) is 13.1. The van der Waals surface area contributed by atoms with Gasteiger partial charge in [0.25, 0.3) is 0 Å². The summed E-state index contributed by atoms with van der Waals surface area (Å²) in [7, 11) is 2.14. The molecule has 0 saturated heterocycles. The van der Waals surface area contributed by atoms with E-state index in [-0.39, 0.29) is 6.04 Å². The van der Waals surface area contributed by atoms with E-state index < -0.39 is 11.5 Å². The number of carbonyl (C=O) groups is 1. The van der Waals surface area contributed by atoms with Gasteiger partial charge in [0.05, 0.1) is 0 Å². The molecule has 0 aliphatic heterocycles. The van der Waals surface area contributed by atoms with Gasteiger partial charge in [-0.1, -0.05) is 6.92 Å². The van der Waals surface area contributed by atoms with E-state index in [4.69, 9.17) is 0 Å². The summed E-state index contributed by atoms with van der Waals surface area (Å²) in [5.74, 6) is 0.999. The van der Waals surface area contributed by atoms with Gasteiger partial charge in [-0.15, -0.1) is 0 Å². The van der Waals surface area contributed by atoms with Crippen LogP contribution in [0.15, 0.2) is 0 Å². The van der Waals surface area contributed by atoms with Gasteiger partial charge in [-0.2, -0.15) is 0 Å². The Bertz CT molecular complexity index is 307. The summed E-state index contributed by atoms with van der Waals surface area (Å²) in [6.07, 6.45) is 2.94. The van der Waals surface area contributed by atoms with Crippen molar-refractivity contribution in [2.75, 3.05) is 20.1 Å². The Balaban J connectivity index is 2.29. The van der Waals surface area contributed by atoms with Gasteiger partial charge in [0.15, 0.2) is 0 Å². The maximum Gasteiger partial charge on any atom is 0.323 e. The van der Waals surface area contributed by atoms with Crippen LogP contribution in [0.5, 0.6) is 0 Å². The summed E-state index contributed by atoms with van der Waals surface area (Å²) in [5, 5.41) is 12.5. The molecule has 3 unspecified atom stereocenters. The van der Waals surface area contributed by atoms with E-state index >= 15 is 0 Å². The van der Waals surface area contributed by atoms with Gasteiger partial charge in [-0.25, -0.2) is 0 Å². The minimum Gasteiger partial charge on any atom is -0.480 e. The first-order chi connectivity index (χ1) is 8.74. The van der Waals surface area contributed by atoms with E-state index in [1.165, 1.54) is 6.42 Å². The Morgan fingerprint density at radius 1 is 1.53 bits per heavy atom. The third-order valence-electron chi connectivity index (χ3n) is 4.12. The van der Waals surface area contributed by atoms with Gasteiger partial charge in [-0.3, -0.25) is 10.1 Å². The molecule has 1 rings (SSSR count). The predicted molar refractivity (Wildman–Crippen MR) is 78.3 cm³/mol. The van der Waals surface area contributed by atoms with Crippen LogP contribution in [-0.2, 0) is 4.79 Å². The molecule has 1 saturated carbocycles. The highest BCUT2D eigenvalue weighted by Crippen LogP contribution is 2.37. The molecule has 0 amide bonds. The fourth-order valence-corrected chi connectivity index (χ4v) is 2.73. The largest absolute Gasteiger partial charge is 0.480 e. The number of rotatable bonds is 9. The van der Waals surface area contributed by atoms with Crippen LogP contribution in [-0.4, -0.2) is 47.7 Å². The molecule has 3 atom stereocenters. The van der Waals surface area contributed by atoms with E-state index in [9.17, 15) is 9.90 Å². The lowest BCUT2D eigenvalue weighted by Gasteiger charge is -2.29. The zero-order chi connectivity index (χ0) is 14.6. The van der Waals surface area contributed by atoms with Gasteiger partial charge in [0.1, 0.15) is 5.54 Å². The summed E-state index contributed by atoms with van der Waals surface area (Å²) < 4.78 is 0. The van der Waals surface area contributed by atoms with Gasteiger partial charge in [0, 0.05) is 12.6 Å². The number of carboxylic acids is 1. The van der Waals surface area contributed by atoms with Crippen LogP contribution in [0.4, 0.5) is 0 Å². The molecule has 0 aromatic rings. The van der Waals surface area contributed by atoms with Crippen molar-refractivity contribution >= 4 is 5.97 Å². The number of nitrogens with one attached hydrogen (secondary N) is 1. The number of aliphatic carboxylic acids is 1. The lowest BCUT2D eigenvalue weighted by Crippen LogP contribution is -2.52. The lowest BCUT2D eigenvalue weighted by atomic mass is 9.94. The van der Waals surface area contributed by atoms with Gasteiger partial charge in [0.2, 0.25) is 0 Å². The average molecular weight is 270 g/mol. The summed E-state index contributed by atoms with van der Waals surface area (Å²) in [5.41, 5.74) is -0.804. The molecule has 112 valence electrons. The topological polar surface area (TPSA) is 52.6 Å². The molecular weight excluding hydrogens is 240 g/mol. The molecule has 0 aromatic heterocycles. The highest BCUT2D eigenvalue weighted by molar-refractivity contribution is 5.78. The highest BCUT2D eigenvalue weighted by atomic mass is 16.4. The van der Waals surface area contributed by atoms with Crippen molar-refractivity contribution in [3.05, 3.63) is 0 Å². The SMILES string of the molecule is CC(C)NC(C)(CCCN(C)CC1CC1C)C(=O)O. The molecule has 4 heteroatoms. The van der Waals surface area contributed by atoms with Crippen molar-refractivity contribution in [3.63, 3.8) is 0 Å².